The number of aryl methyl sites for hydroxylation is 1. The number of fused-ring (bicyclic) bond motifs is 1. The number of aromatic amines is 1. The van der Waals surface area contributed by atoms with E-state index >= 15 is 0 Å². The Balaban J connectivity index is 1.93. The van der Waals surface area contributed by atoms with E-state index in [1.54, 1.807) is 0 Å². The summed E-state index contributed by atoms with van der Waals surface area (Å²) >= 11 is 0. The summed E-state index contributed by atoms with van der Waals surface area (Å²) < 4.78 is 0. The van der Waals surface area contributed by atoms with Gasteiger partial charge in [0.15, 0.2) is 0 Å². The van der Waals surface area contributed by atoms with E-state index in [1.165, 1.54) is 5.56 Å². The minimum atomic E-state index is 0.0426. The summed E-state index contributed by atoms with van der Waals surface area (Å²) in [4.78, 5) is 19.8. The fourth-order valence-corrected chi connectivity index (χ4v) is 3.01. The summed E-state index contributed by atoms with van der Waals surface area (Å²) in [5.41, 5.74) is 4.25. The van der Waals surface area contributed by atoms with Crippen LogP contribution in [0.1, 0.15) is 43.5 Å². The lowest BCUT2D eigenvalue weighted by atomic mass is 9.97. The van der Waals surface area contributed by atoms with Crippen molar-refractivity contribution in [3.63, 3.8) is 0 Å². The van der Waals surface area contributed by atoms with Gasteiger partial charge in [-0.2, -0.15) is 0 Å². The molecule has 0 bridgehead atoms. The Labute approximate surface area is 125 Å². The van der Waals surface area contributed by atoms with Gasteiger partial charge in [-0.1, -0.05) is 38.1 Å². The second kappa shape index (κ2) is 5.84. The first-order valence-corrected chi connectivity index (χ1v) is 7.85. The molecule has 1 aliphatic carbocycles. The van der Waals surface area contributed by atoms with Crippen LogP contribution in [0.4, 0.5) is 0 Å². The van der Waals surface area contributed by atoms with Gasteiger partial charge in [-0.05, 0) is 43.6 Å². The Bertz CT molecular complexity index is 683. The van der Waals surface area contributed by atoms with Gasteiger partial charge < -0.3 is 4.98 Å². The monoisotopic (exact) mass is 282 g/mol. The molecule has 2 aromatic rings. The highest BCUT2D eigenvalue weighted by molar-refractivity contribution is 5.55. The van der Waals surface area contributed by atoms with Crippen LogP contribution < -0.4 is 5.56 Å². The SMILES string of the molecule is CC(C)Cc1ccc(-c2nc3c(c(=O)[nH]2)CCCC3)cc1. The molecule has 1 aromatic carbocycles. The smallest absolute Gasteiger partial charge is 0.254 e. The Morgan fingerprint density at radius 3 is 2.57 bits per heavy atom. The third-order valence-corrected chi connectivity index (χ3v) is 4.06. The van der Waals surface area contributed by atoms with Crippen molar-refractivity contribution in [3.05, 3.63) is 51.4 Å². The third-order valence-electron chi connectivity index (χ3n) is 4.06. The number of nitrogens with zero attached hydrogens (tertiary/aromatic N) is 1. The molecule has 3 rings (SSSR count). The lowest BCUT2D eigenvalue weighted by molar-refractivity contribution is 0.647. The largest absolute Gasteiger partial charge is 0.306 e. The maximum Gasteiger partial charge on any atom is 0.254 e. The zero-order chi connectivity index (χ0) is 14.8. The van der Waals surface area contributed by atoms with Crippen molar-refractivity contribution < 1.29 is 0 Å². The number of rotatable bonds is 3. The maximum absolute atomic E-state index is 12.2. The summed E-state index contributed by atoms with van der Waals surface area (Å²) in [5.74, 6) is 1.36. The quantitative estimate of drug-likeness (QED) is 0.936. The van der Waals surface area contributed by atoms with Crippen molar-refractivity contribution in [2.75, 3.05) is 0 Å². The normalized spacial score (nSPS) is 14.2. The number of hydrogen-bond acceptors (Lipinski definition) is 2. The molecule has 3 heteroatoms. The first-order chi connectivity index (χ1) is 10.1. The van der Waals surface area contributed by atoms with Crippen LogP contribution in [0.15, 0.2) is 29.1 Å². The van der Waals surface area contributed by atoms with Crippen LogP contribution in [0, 0.1) is 5.92 Å². The lowest BCUT2D eigenvalue weighted by Crippen LogP contribution is -2.21. The van der Waals surface area contributed by atoms with Gasteiger partial charge in [-0.15, -0.1) is 0 Å². The molecule has 0 amide bonds. The van der Waals surface area contributed by atoms with Gasteiger partial charge in [-0.25, -0.2) is 4.98 Å². The van der Waals surface area contributed by atoms with E-state index in [0.717, 1.165) is 48.9 Å². The number of aromatic nitrogens is 2. The van der Waals surface area contributed by atoms with Crippen LogP contribution in [0.3, 0.4) is 0 Å². The average molecular weight is 282 g/mol. The van der Waals surface area contributed by atoms with E-state index < -0.39 is 0 Å². The van der Waals surface area contributed by atoms with E-state index in [-0.39, 0.29) is 5.56 Å². The molecule has 1 N–H and O–H groups in total. The van der Waals surface area contributed by atoms with Crippen LogP contribution in [0.5, 0.6) is 0 Å². The maximum atomic E-state index is 12.2. The van der Waals surface area contributed by atoms with Gasteiger partial charge in [0, 0.05) is 11.1 Å². The average Bonchev–Trinajstić information content (AvgIpc) is 2.47. The minimum absolute atomic E-state index is 0.0426. The summed E-state index contributed by atoms with van der Waals surface area (Å²) in [5, 5.41) is 0. The molecule has 0 fully saturated rings. The van der Waals surface area contributed by atoms with Gasteiger partial charge in [-0.3, -0.25) is 4.79 Å². The zero-order valence-corrected chi connectivity index (χ0v) is 12.8. The van der Waals surface area contributed by atoms with Crippen molar-refractivity contribution in [2.45, 2.75) is 46.0 Å². The summed E-state index contributed by atoms with van der Waals surface area (Å²) in [7, 11) is 0. The fourth-order valence-electron chi connectivity index (χ4n) is 3.01. The van der Waals surface area contributed by atoms with E-state index in [9.17, 15) is 4.79 Å². The highest BCUT2D eigenvalue weighted by Crippen LogP contribution is 2.21. The van der Waals surface area contributed by atoms with Crippen LogP contribution >= 0.6 is 0 Å². The summed E-state index contributed by atoms with van der Waals surface area (Å²) in [6.45, 7) is 4.44. The van der Waals surface area contributed by atoms with Crippen molar-refractivity contribution >= 4 is 0 Å². The molecular formula is C18H22N2O. The van der Waals surface area contributed by atoms with Gasteiger partial charge in [0.25, 0.3) is 5.56 Å². The second-order valence-corrected chi connectivity index (χ2v) is 6.34. The number of H-pyrrole nitrogens is 1. The molecule has 0 spiro atoms. The summed E-state index contributed by atoms with van der Waals surface area (Å²) in [6, 6.07) is 8.39. The highest BCUT2D eigenvalue weighted by Gasteiger charge is 2.16. The lowest BCUT2D eigenvalue weighted by Gasteiger charge is -2.14. The molecule has 110 valence electrons. The van der Waals surface area contributed by atoms with Crippen LogP contribution in [0.2, 0.25) is 0 Å². The van der Waals surface area contributed by atoms with E-state index in [1.807, 2.05) is 0 Å². The molecule has 0 saturated carbocycles. The number of nitrogens with one attached hydrogen (secondary N) is 1. The van der Waals surface area contributed by atoms with E-state index in [0.29, 0.717) is 11.7 Å². The van der Waals surface area contributed by atoms with Crippen molar-refractivity contribution in [3.8, 4) is 11.4 Å². The van der Waals surface area contributed by atoms with E-state index in [4.69, 9.17) is 0 Å². The molecule has 0 atom stereocenters. The minimum Gasteiger partial charge on any atom is -0.306 e. The van der Waals surface area contributed by atoms with Gasteiger partial charge >= 0.3 is 0 Å². The molecule has 0 radical (unpaired) electrons. The van der Waals surface area contributed by atoms with Crippen LogP contribution in [0.25, 0.3) is 11.4 Å². The number of hydrogen-bond donors (Lipinski definition) is 1. The Morgan fingerprint density at radius 1 is 1.14 bits per heavy atom. The van der Waals surface area contributed by atoms with Gasteiger partial charge in [0.2, 0.25) is 0 Å². The highest BCUT2D eigenvalue weighted by atomic mass is 16.1. The molecule has 1 aromatic heterocycles. The predicted octanol–water partition coefficient (Wildman–Crippen LogP) is 3.51. The van der Waals surface area contributed by atoms with Crippen LogP contribution in [-0.4, -0.2) is 9.97 Å². The first kappa shape index (κ1) is 14.1. The second-order valence-electron chi connectivity index (χ2n) is 6.34. The molecule has 1 aliphatic rings. The molecular weight excluding hydrogens is 260 g/mol. The molecule has 1 heterocycles. The first-order valence-electron chi connectivity index (χ1n) is 7.85. The van der Waals surface area contributed by atoms with Gasteiger partial charge in [0.1, 0.15) is 5.82 Å². The third kappa shape index (κ3) is 3.07. The standard InChI is InChI=1S/C18H22N2O/c1-12(2)11-13-7-9-14(10-8-13)17-19-16-6-4-3-5-15(16)18(21)20-17/h7-10,12H,3-6,11H2,1-2H3,(H,19,20,21). The molecule has 0 unspecified atom stereocenters. The molecule has 0 saturated heterocycles. The Morgan fingerprint density at radius 2 is 1.86 bits per heavy atom. The Hall–Kier alpha value is -1.90. The molecule has 3 nitrogen and oxygen atoms in total. The van der Waals surface area contributed by atoms with Gasteiger partial charge in [0.05, 0.1) is 5.69 Å². The number of benzene rings is 1. The van der Waals surface area contributed by atoms with E-state index in [2.05, 4.69) is 48.1 Å². The topological polar surface area (TPSA) is 45.8 Å². The molecule has 21 heavy (non-hydrogen) atoms. The molecule has 0 aliphatic heterocycles. The predicted molar refractivity (Wildman–Crippen MR) is 85.5 cm³/mol. The van der Waals surface area contributed by atoms with Crippen LogP contribution in [-0.2, 0) is 19.3 Å². The zero-order valence-electron chi connectivity index (χ0n) is 12.8. The Kier molecular flexibility index (Phi) is 3.91. The fraction of sp³-hybridized carbons (Fsp3) is 0.444. The van der Waals surface area contributed by atoms with Crippen molar-refractivity contribution in [1.82, 2.24) is 9.97 Å². The summed E-state index contributed by atoms with van der Waals surface area (Å²) in [6.07, 6.45) is 5.11. The van der Waals surface area contributed by atoms with Crippen molar-refractivity contribution in [1.29, 1.82) is 0 Å². The van der Waals surface area contributed by atoms with Crippen molar-refractivity contribution in [2.24, 2.45) is 5.92 Å².